The van der Waals surface area contributed by atoms with E-state index in [2.05, 4.69) is 14.7 Å². The minimum Gasteiger partial charge on any atom is -0.465 e. The van der Waals surface area contributed by atoms with Crippen molar-refractivity contribution in [3.8, 4) is 17.3 Å². The highest BCUT2D eigenvalue weighted by Gasteiger charge is 2.19. The number of methoxy groups -OCH3 is 1. The maximum Gasteiger partial charge on any atom is 0.339 e. The highest BCUT2D eigenvalue weighted by Crippen LogP contribution is 2.30. The molecule has 0 aliphatic heterocycles. The molecule has 7 heteroatoms. The topological polar surface area (TPSA) is 75.9 Å². The van der Waals surface area contributed by atoms with Crippen molar-refractivity contribution >= 4 is 17.6 Å². The maximum absolute atomic E-state index is 14.1. The summed E-state index contributed by atoms with van der Waals surface area (Å²) in [4.78, 5) is 19.4. The molecule has 2 rings (SSSR count). The van der Waals surface area contributed by atoms with Gasteiger partial charge in [-0.05, 0) is 19.1 Å². The van der Waals surface area contributed by atoms with Gasteiger partial charge in [0, 0.05) is 5.56 Å². The number of aryl methyl sites for hydroxylation is 1. The molecule has 0 saturated carbocycles. The summed E-state index contributed by atoms with van der Waals surface area (Å²) in [5, 5.41) is 9.08. The molecular weight excluding hydrogens is 297 g/mol. The van der Waals surface area contributed by atoms with Crippen molar-refractivity contribution in [3.63, 3.8) is 0 Å². The smallest absolute Gasteiger partial charge is 0.339 e. The Bertz CT molecular complexity index is 772. The van der Waals surface area contributed by atoms with Crippen LogP contribution in [0.5, 0.6) is 0 Å². The lowest BCUT2D eigenvalue weighted by Gasteiger charge is -2.09. The maximum atomic E-state index is 14.1. The molecule has 2 aromatic rings. The van der Waals surface area contributed by atoms with Crippen LogP contribution in [0.15, 0.2) is 18.5 Å². The van der Waals surface area contributed by atoms with E-state index in [-0.39, 0.29) is 27.4 Å². The van der Waals surface area contributed by atoms with Crippen molar-refractivity contribution in [2.24, 2.45) is 0 Å². The van der Waals surface area contributed by atoms with E-state index in [0.717, 1.165) is 6.07 Å². The molecule has 1 aromatic carbocycles. The molecule has 0 fully saturated rings. The molecule has 0 radical (unpaired) electrons. The van der Waals surface area contributed by atoms with Gasteiger partial charge in [-0.2, -0.15) is 5.26 Å². The summed E-state index contributed by atoms with van der Waals surface area (Å²) >= 11 is 5.83. The van der Waals surface area contributed by atoms with Crippen molar-refractivity contribution in [3.05, 3.63) is 46.1 Å². The van der Waals surface area contributed by atoms with E-state index < -0.39 is 11.8 Å². The predicted molar refractivity (Wildman–Crippen MR) is 73.2 cm³/mol. The van der Waals surface area contributed by atoms with Gasteiger partial charge in [-0.25, -0.2) is 19.2 Å². The number of aromatic nitrogens is 2. The summed E-state index contributed by atoms with van der Waals surface area (Å²) in [7, 11) is 1.19. The molecule has 0 saturated heterocycles. The third kappa shape index (κ3) is 2.69. The van der Waals surface area contributed by atoms with Crippen LogP contribution in [0, 0.1) is 24.1 Å². The van der Waals surface area contributed by atoms with E-state index in [1.54, 1.807) is 6.92 Å². The van der Waals surface area contributed by atoms with E-state index in [1.165, 1.54) is 19.5 Å². The Balaban J connectivity index is 2.74. The van der Waals surface area contributed by atoms with Gasteiger partial charge in [-0.1, -0.05) is 11.6 Å². The van der Waals surface area contributed by atoms with Gasteiger partial charge in [0.2, 0.25) is 0 Å². The lowest BCUT2D eigenvalue weighted by Crippen LogP contribution is -2.05. The SMILES string of the molecule is COC(=O)c1cc(-c2ncnc(C)c2C#N)c(F)cc1Cl. The van der Waals surface area contributed by atoms with E-state index in [1.807, 2.05) is 6.07 Å². The molecule has 0 aliphatic rings. The van der Waals surface area contributed by atoms with E-state index in [9.17, 15) is 9.18 Å². The number of nitrogens with zero attached hydrogens (tertiary/aromatic N) is 3. The number of carbonyl (C=O) groups is 1. The number of nitriles is 1. The number of ether oxygens (including phenoxy) is 1. The second-order valence-electron chi connectivity index (χ2n) is 4.10. The van der Waals surface area contributed by atoms with Crippen molar-refractivity contribution in [2.45, 2.75) is 6.92 Å². The predicted octanol–water partition coefficient (Wildman–Crippen LogP) is 2.90. The fourth-order valence-corrected chi connectivity index (χ4v) is 2.04. The summed E-state index contributed by atoms with van der Waals surface area (Å²) in [6.07, 6.45) is 1.22. The number of carbonyl (C=O) groups excluding carboxylic acids is 1. The zero-order valence-electron chi connectivity index (χ0n) is 11.1. The van der Waals surface area contributed by atoms with Crippen LogP contribution in [0.25, 0.3) is 11.3 Å². The molecular formula is C14H9ClFN3O2. The van der Waals surface area contributed by atoms with Crippen LogP contribution in [0.3, 0.4) is 0 Å². The molecule has 0 bridgehead atoms. The Kier molecular flexibility index (Phi) is 4.15. The lowest BCUT2D eigenvalue weighted by molar-refractivity contribution is 0.0601. The highest BCUT2D eigenvalue weighted by atomic mass is 35.5. The van der Waals surface area contributed by atoms with Crippen LogP contribution in [0.2, 0.25) is 5.02 Å². The number of benzene rings is 1. The number of rotatable bonds is 2. The molecule has 5 nitrogen and oxygen atoms in total. The molecule has 0 atom stereocenters. The van der Waals surface area contributed by atoms with Crippen molar-refractivity contribution < 1.29 is 13.9 Å². The van der Waals surface area contributed by atoms with Crippen molar-refractivity contribution in [2.75, 3.05) is 7.11 Å². The summed E-state index contributed by atoms with van der Waals surface area (Å²) in [6, 6.07) is 4.13. The molecule has 1 aromatic heterocycles. The third-order valence-electron chi connectivity index (χ3n) is 2.87. The quantitative estimate of drug-likeness (QED) is 0.797. The Labute approximate surface area is 125 Å². The van der Waals surface area contributed by atoms with E-state index >= 15 is 0 Å². The van der Waals surface area contributed by atoms with Crippen molar-refractivity contribution in [1.82, 2.24) is 9.97 Å². The molecule has 106 valence electrons. The van der Waals surface area contributed by atoms with Crippen LogP contribution in [0.4, 0.5) is 4.39 Å². The molecule has 1 heterocycles. The molecule has 0 aliphatic carbocycles. The second-order valence-corrected chi connectivity index (χ2v) is 4.51. The zero-order chi connectivity index (χ0) is 15.6. The molecule has 0 N–H and O–H groups in total. The van der Waals surface area contributed by atoms with Crippen LogP contribution >= 0.6 is 11.6 Å². The van der Waals surface area contributed by atoms with E-state index in [4.69, 9.17) is 16.9 Å². The number of hydrogen-bond acceptors (Lipinski definition) is 5. The second kappa shape index (κ2) is 5.85. The van der Waals surface area contributed by atoms with Gasteiger partial charge in [0.05, 0.1) is 34.6 Å². The average molecular weight is 306 g/mol. The van der Waals surface area contributed by atoms with Gasteiger partial charge < -0.3 is 4.74 Å². The number of halogens is 2. The first-order valence-electron chi connectivity index (χ1n) is 5.79. The standard InChI is InChI=1S/C14H9ClFN3O2/c1-7-10(5-17)13(19-6-18-7)9-3-8(14(20)21-2)11(15)4-12(9)16/h3-4,6H,1-2H3. The minimum absolute atomic E-state index is 0.00396. The third-order valence-corrected chi connectivity index (χ3v) is 3.18. The van der Waals surface area contributed by atoms with Crippen LogP contribution in [-0.4, -0.2) is 23.0 Å². The van der Waals surface area contributed by atoms with Crippen LogP contribution < -0.4 is 0 Å². The molecule has 0 spiro atoms. The van der Waals surface area contributed by atoms with Crippen molar-refractivity contribution in [1.29, 1.82) is 5.26 Å². The normalized spacial score (nSPS) is 10.0. The molecule has 21 heavy (non-hydrogen) atoms. The van der Waals surface area contributed by atoms with Gasteiger partial charge >= 0.3 is 5.97 Å². The lowest BCUT2D eigenvalue weighted by atomic mass is 10.0. The fourth-order valence-electron chi connectivity index (χ4n) is 1.81. The van der Waals surface area contributed by atoms with Gasteiger partial charge in [0.25, 0.3) is 0 Å². The Morgan fingerprint density at radius 3 is 2.76 bits per heavy atom. The summed E-state index contributed by atoms with van der Waals surface area (Å²) < 4.78 is 18.7. The zero-order valence-corrected chi connectivity index (χ0v) is 11.9. The largest absolute Gasteiger partial charge is 0.465 e. The number of hydrogen-bond donors (Lipinski definition) is 0. The Hall–Kier alpha value is -2.52. The molecule has 0 unspecified atom stereocenters. The number of esters is 1. The fraction of sp³-hybridized carbons (Fsp3) is 0.143. The van der Waals surface area contributed by atoms with Crippen LogP contribution in [0.1, 0.15) is 21.6 Å². The van der Waals surface area contributed by atoms with E-state index in [0.29, 0.717) is 5.69 Å². The van der Waals surface area contributed by atoms with Gasteiger partial charge in [-0.15, -0.1) is 0 Å². The summed E-state index contributed by atoms with van der Waals surface area (Å²) in [5.74, 6) is -1.40. The first-order chi connectivity index (χ1) is 9.99. The monoisotopic (exact) mass is 305 g/mol. The van der Waals surface area contributed by atoms with Gasteiger partial charge in [0.1, 0.15) is 18.2 Å². The van der Waals surface area contributed by atoms with Gasteiger partial charge in [-0.3, -0.25) is 0 Å². The minimum atomic E-state index is -0.703. The average Bonchev–Trinajstić information content (AvgIpc) is 2.46. The van der Waals surface area contributed by atoms with Gasteiger partial charge in [0.15, 0.2) is 0 Å². The Morgan fingerprint density at radius 1 is 1.43 bits per heavy atom. The summed E-state index contributed by atoms with van der Waals surface area (Å²) in [5.41, 5.74) is 0.632. The first kappa shape index (κ1) is 14.9. The highest BCUT2D eigenvalue weighted by molar-refractivity contribution is 6.33. The summed E-state index contributed by atoms with van der Waals surface area (Å²) in [6.45, 7) is 1.61. The molecule has 0 amide bonds. The first-order valence-corrected chi connectivity index (χ1v) is 6.16. The Morgan fingerprint density at radius 2 is 2.14 bits per heavy atom. The van der Waals surface area contributed by atoms with Crippen LogP contribution in [-0.2, 0) is 4.74 Å².